The molecule has 0 bridgehead atoms. The number of anilines is 1. The average molecular weight is 423 g/mol. The van der Waals surface area contributed by atoms with Crippen LogP contribution in [0.4, 0.5) is 5.69 Å². The van der Waals surface area contributed by atoms with Crippen molar-refractivity contribution in [2.24, 2.45) is 0 Å². The number of fused-ring (bicyclic) bond motifs is 4. The number of hydrogen-bond donors (Lipinski definition) is 1. The Morgan fingerprint density at radius 3 is 2.41 bits per heavy atom. The first-order valence-electron chi connectivity index (χ1n) is 11.1. The topological polar surface area (TPSA) is 43.3 Å². The third kappa shape index (κ3) is 3.58. The van der Waals surface area contributed by atoms with Gasteiger partial charge >= 0.3 is 0 Å². The van der Waals surface area contributed by atoms with E-state index in [0.717, 1.165) is 28.4 Å². The van der Waals surface area contributed by atoms with Gasteiger partial charge in [-0.1, -0.05) is 55.5 Å². The number of nitrogens with zero attached hydrogens (tertiary/aromatic N) is 1. The van der Waals surface area contributed by atoms with Gasteiger partial charge in [-0.15, -0.1) is 0 Å². The number of carbonyl (C=O) groups is 1. The molecule has 4 heteroatoms. The van der Waals surface area contributed by atoms with Crippen LogP contribution in [0.1, 0.15) is 20.3 Å². The number of aromatic nitrogens is 1. The first-order chi connectivity index (χ1) is 15.7. The number of hydrogen-bond acceptors (Lipinski definition) is 2. The van der Waals surface area contributed by atoms with Crippen LogP contribution in [0.5, 0.6) is 5.75 Å². The summed E-state index contributed by atoms with van der Waals surface area (Å²) < 4.78 is 8.37. The van der Waals surface area contributed by atoms with E-state index in [1.807, 2.05) is 49.4 Å². The van der Waals surface area contributed by atoms with Crippen molar-refractivity contribution in [2.75, 3.05) is 5.32 Å². The Hall–Kier alpha value is -3.79. The van der Waals surface area contributed by atoms with E-state index in [-0.39, 0.29) is 5.91 Å². The number of rotatable bonds is 6. The minimum Gasteiger partial charge on any atom is -0.481 e. The summed E-state index contributed by atoms with van der Waals surface area (Å²) in [5.41, 5.74) is 3.16. The van der Waals surface area contributed by atoms with Crippen molar-refractivity contribution in [2.45, 2.75) is 32.9 Å². The third-order valence-electron chi connectivity index (χ3n) is 6.02. The number of aryl methyl sites for hydroxylation is 1. The van der Waals surface area contributed by atoms with Crippen molar-refractivity contribution in [1.82, 2.24) is 4.57 Å². The zero-order valence-corrected chi connectivity index (χ0v) is 18.3. The third-order valence-corrected chi connectivity index (χ3v) is 6.02. The van der Waals surface area contributed by atoms with E-state index in [9.17, 15) is 4.79 Å². The predicted octanol–water partition coefficient (Wildman–Crippen LogP) is 6.76. The second kappa shape index (κ2) is 8.39. The molecule has 1 atom stereocenters. The Kier molecular flexibility index (Phi) is 5.28. The highest BCUT2D eigenvalue weighted by Crippen LogP contribution is 2.31. The van der Waals surface area contributed by atoms with Gasteiger partial charge in [0.15, 0.2) is 6.10 Å². The summed E-state index contributed by atoms with van der Waals surface area (Å²) in [5.74, 6) is 0.561. The number of para-hydroxylation sites is 1. The second-order valence-corrected chi connectivity index (χ2v) is 8.01. The lowest BCUT2D eigenvalue weighted by molar-refractivity contribution is -0.122. The van der Waals surface area contributed by atoms with Crippen molar-refractivity contribution >= 4 is 44.2 Å². The monoisotopic (exact) mass is 422 g/mol. The molecular formula is C28H26N2O2. The zero-order chi connectivity index (χ0) is 22.1. The molecule has 0 aliphatic rings. The molecule has 0 aliphatic heterocycles. The lowest BCUT2D eigenvalue weighted by Crippen LogP contribution is -2.32. The lowest BCUT2D eigenvalue weighted by Gasteiger charge is -2.18. The molecule has 0 saturated carbocycles. The Morgan fingerprint density at radius 1 is 0.844 bits per heavy atom. The van der Waals surface area contributed by atoms with E-state index in [0.29, 0.717) is 12.2 Å². The van der Waals surface area contributed by atoms with Gasteiger partial charge in [-0.25, -0.2) is 0 Å². The van der Waals surface area contributed by atoms with Gasteiger partial charge in [-0.3, -0.25) is 4.79 Å². The maximum Gasteiger partial charge on any atom is 0.265 e. The van der Waals surface area contributed by atoms with Gasteiger partial charge < -0.3 is 14.6 Å². The zero-order valence-electron chi connectivity index (χ0n) is 18.3. The lowest BCUT2D eigenvalue weighted by atomic mass is 10.1. The Balaban J connectivity index is 1.40. The van der Waals surface area contributed by atoms with E-state index in [1.54, 1.807) is 0 Å². The fraction of sp³-hybridized carbons (Fsp3) is 0.179. The van der Waals surface area contributed by atoms with Gasteiger partial charge in [0, 0.05) is 34.0 Å². The van der Waals surface area contributed by atoms with Crippen LogP contribution in [0.2, 0.25) is 0 Å². The molecular weight excluding hydrogens is 396 g/mol. The highest BCUT2D eigenvalue weighted by atomic mass is 16.5. The summed E-state index contributed by atoms with van der Waals surface area (Å²) >= 11 is 0. The number of benzene rings is 4. The van der Waals surface area contributed by atoms with Crippen molar-refractivity contribution in [1.29, 1.82) is 0 Å². The molecule has 1 heterocycles. The van der Waals surface area contributed by atoms with E-state index in [4.69, 9.17) is 4.74 Å². The van der Waals surface area contributed by atoms with Crippen LogP contribution in [0.15, 0.2) is 84.9 Å². The normalized spacial score (nSPS) is 12.3. The number of carbonyl (C=O) groups excluding carboxylic acids is 1. The van der Waals surface area contributed by atoms with Crippen LogP contribution in [0.25, 0.3) is 32.6 Å². The van der Waals surface area contributed by atoms with Crippen LogP contribution in [0, 0.1) is 0 Å². The number of ether oxygens (including phenoxy) is 1. The molecule has 4 nitrogen and oxygen atoms in total. The van der Waals surface area contributed by atoms with Gasteiger partial charge in [0.1, 0.15) is 5.75 Å². The highest BCUT2D eigenvalue weighted by Gasteiger charge is 2.19. The van der Waals surface area contributed by atoms with Crippen LogP contribution in [-0.2, 0) is 11.3 Å². The molecule has 0 radical (unpaired) electrons. The SMILES string of the molecule is CCC(Oc1ccc2ccccc2c1)C(=O)Nc1ccc2c(c1)c1ccccc1n2CC. The maximum absolute atomic E-state index is 13.0. The van der Waals surface area contributed by atoms with Gasteiger partial charge in [-0.05, 0) is 60.5 Å². The van der Waals surface area contributed by atoms with Crippen LogP contribution in [0.3, 0.4) is 0 Å². The molecule has 0 saturated heterocycles. The molecule has 160 valence electrons. The Labute approximate surface area is 187 Å². The molecule has 1 N–H and O–H groups in total. The molecule has 0 spiro atoms. The molecule has 1 aromatic heterocycles. The average Bonchev–Trinajstić information content (AvgIpc) is 3.15. The van der Waals surface area contributed by atoms with E-state index < -0.39 is 6.10 Å². The van der Waals surface area contributed by atoms with Crippen molar-refractivity contribution in [3.8, 4) is 5.75 Å². The van der Waals surface area contributed by atoms with Crippen molar-refractivity contribution < 1.29 is 9.53 Å². The van der Waals surface area contributed by atoms with Crippen LogP contribution >= 0.6 is 0 Å². The Bertz CT molecular complexity index is 1430. The van der Waals surface area contributed by atoms with Gasteiger partial charge in [-0.2, -0.15) is 0 Å². The molecule has 5 rings (SSSR count). The number of nitrogens with one attached hydrogen (secondary N) is 1. The fourth-order valence-electron chi connectivity index (χ4n) is 4.42. The maximum atomic E-state index is 13.0. The Morgan fingerprint density at radius 2 is 1.59 bits per heavy atom. The summed E-state index contributed by atoms with van der Waals surface area (Å²) in [6.07, 6.45) is 0.0135. The van der Waals surface area contributed by atoms with Gasteiger partial charge in [0.2, 0.25) is 0 Å². The van der Waals surface area contributed by atoms with Gasteiger partial charge in [0.25, 0.3) is 5.91 Å². The summed E-state index contributed by atoms with van der Waals surface area (Å²) in [5, 5.41) is 7.64. The van der Waals surface area contributed by atoms with E-state index >= 15 is 0 Å². The molecule has 1 unspecified atom stereocenters. The minimum atomic E-state index is -0.566. The molecule has 4 aromatic carbocycles. The van der Waals surface area contributed by atoms with Crippen LogP contribution < -0.4 is 10.1 Å². The highest BCUT2D eigenvalue weighted by molar-refractivity contribution is 6.10. The largest absolute Gasteiger partial charge is 0.481 e. The summed E-state index contributed by atoms with van der Waals surface area (Å²) in [6.45, 7) is 5.01. The minimum absolute atomic E-state index is 0.140. The molecule has 5 aromatic rings. The molecule has 0 fully saturated rings. The molecule has 1 amide bonds. The van der Waals surface area contributed by atoms with E-state index in [1.165, 1.54) is 16.4 Å². The van der Waals surface area contributed by atoms with Gasteiger partial charge in [0.05, 0.1) is 0 Å². The van der Waals surface area contributed by atoms with Crippen molar-refractivity contribution in [3.05, 3.63) is 84.9 Å². The molecule has 32 heavy (non-hydrogen) atoms. The summed E-state index contributed by atoms with van der Waals surface area (Å²) in [4.78, 5) is 13.0. The fourth-order valence-corrected chi connectivity index (χ4v) is 4.42. The van der Waals surface area contributed by atoms with Crippen LogP contribution in [-0.4, -0.2) is 16.6 Å². The standard InChI is InChI=1S/C28H26N2O2/c1-3-27(32-22-15-13-19-9-5-6-10-20(19)17-22)28(31)29-21-14-16-26-24(18-21)23-11-7-8-12-25(23)30(26)4-2/h5-18,27H,3-4H2,1-2H3,(H,29,31). The number of amides is 1. The summed E-state index contributed by atoms with van der Waals surface area (Å²) in [6, 6.07) is 28.5. The van der Waals surface area contributed by atoms with Crippen molar-refractivity contribution in [3.63, 3.8) is 0 Å². The van der Waals surface area contributed by atoms with E-state index in [2.05, 4.69) is 59.3 Å². The second-order valence-electron chi connectivity index (χ2n) is 8.01. The first-order valence-corrected chi connectivity index (χ1v) is 11.1. The smallest absolute Gasteiger partial charge is 0.265 e. The predicted molar refractivity (Wildman–Crippen MR) is 132 cm³/mol. The quantitative estimate of drug-likeness (QED) is 0.328. The first kappa shape index (κ1) is 20.1. The summed E-state index contributed by atoms with van der Waals surface area (Å²) in [7, 11) is 0. The molecule has 0 aliphatic carbocycles.